The zero-order valence-corrected chi connectivity index (χ0v) is 12.6. The van der Waals surface area contributed by atoms with Gasteiger partial charge in [0.15, 0.2) is 0 Å². The number of carboxylic acids is 1. The molecule has 0 fully saturated rings. The minimum atomic E-state index is -0.752. The second-order valence-electron chi connectivity index (χ2n) is 6.04. The van der Waals surface area contributed by atoms with E-state index in [1.54, 1.807) is 6.92 Å². The lowest BCUT2D eigenvalue weighted by atomic mass is 9.77. The topological polar surface area (TPSA) is 66.4 Å². The smallest absolute Gasteiger partial charge is 0.306 e. The van der Waals surface area contributed by atoms with Crippen LogP contribution in [0.4, 0.5) is 0 Å². The van der Waals surface area contributed by atoms with Gasteiger partial charge in [-0.3, -0.25) is 9.59 Å². The Kier molecular flexibility index (Phi) is 4.99. The highest BCUT2D eigenvalue weighted by Gasteiger charge is 2.32. The number of aliphatic carboxylic acids is 1. The maximum Gasteiger partial charge on any atom is 0.306 e. The van der Waals surface area contributed by atoms with E-state index in [-0.39, 0.29) is 23.8 Å². The molecule has 21 heavy (non-hydrogen) atoms. The van der Waals surface area contributed by atoms with Crippen LogP contribution < -0.4 is 5.32 Å². The molecule has 0 saturated carbocycles. The largest absolute Gasteiger partial charge is 0.481 e. The van der Waals surface area contributed by atoms with Gasteiger partial charge in [0.05, 0.1) is 11.8 Å². The summed E-state index contributed by atoms with van der Waals surface area (Å²) in [5.74, 6) is -0.988. The lowest BCUT2D eigenvalue weighted by Crippen LogP contribution is -2.40. The first-order valence-corrected chi connectivity index (χ1v) is 7.60. The molecule has 2 rings (SSSR count). The first-order chi connectivity index (χ1) is 9.99. The first kappa shape index (κ1) is 15.5. The number of carbonyl (C=O) groups is 2. The fourth-order valence-corrected chi connectivity index (χ4v) is 2.76. The van der Waals surface area contributed by atoms with Crippen LogP contribution in [-0.2, 0) is 16.0 Å². The molecule has 1 aliphatic rings. The number of carbonyl (C=O) groups excluding carboxylic acids is 1. The van der Waals surface area contributed by atoms with Crippen LogP contribution >= 0.6 is 0 Å². The predicted molar refractivity (Wildman–Crippen MR) is 81.1 cm³/mol. The third kappa shape index (κ3) is 3.84. The molecule has 1 aromatic rings. The van der Waals surface area contributed by atoms with Gasteiger partial charge in [-0.25, -0.2) is 0 Å². The van der Waals surface area contributed by atoms with Crippen molar-refractivity contribution in [2.24, 2.45) is 5.92 Å². The van der Waals surface area contributed by atoms with Crippen molar-refractivity contribution in [1.29, 1.82) is 0 Å². The molecule has 1 aromatic carbocycles. The summed E-state index contributed by atoms with van der Waals surface area (Å²) in [7, 11) is 0. The van der Waals surface area contributed by atoms with Crippen LogP contribution in [0.5, 0.6) is 0 Å². The highest BCUT2D eigenvalue weighted by molar-refractivity contribution is 5.87. The predicted octanol–water partition coefficient (Wildman–Crippen LogP) is 2.72. The van der Waals surface area contributed by atoms with Gasteiger partial charge in [-0.1, -0.05) is 37.6 Å². The van der Waals surface area contributed by atoms with E-state index in [0.29, 0.717) is 6.42 Å². The van der Waals surface area contributed by atoms with Gasteiger partial charge in [-0.2, -0.15) is 0 Å². The molecule has 2 N–H and O–H groups in total. The fourth-order valence-electron chi connectivity index (χ4n) is 2.76. The summed E-state index contributed by atoms with van der Waals surface area (Å²) in [6.07, 6.45) is 3.11. The maximum atomic E-state index is 12.2. The van der Waals surface area contributed by atoms with Crippen molar-refractivity contribution in [2.75, 3.05) is 0 Å². The summed E-state index contributed by atoms with van der Waals surface area (Å²) < 4.78 is 0. The molecular formula is C17H23NO3. The number of benzene rings is 1. The van der Waals surface area contributed by atoms with E-state index in [0.717, 1.165) is 24.8 Å². The third-order valence-electron chi connectivity index (χ3n) is 4.26. The number of nitrogens with one attached hydrogen (secondary N) is 1. The molecule has 114 valence electrons. The fraction of sp³-hybridized carbons (Fsp3) is 0.529. The Labute approximate surface area is 125 Å². The van der Waals surface area contributed by atoms with Crippen molar-refractivity contribution in [3.63, 3.8) is 0 Å². The van der Waals surface area contributed by atoms with Gasteiger partial charge in [0.25, 0.3) is 0 Å². The molecule has 0 spiro atoms. The minimum Gasteiger partial charge on any atom is -0.481 e. The van der Waals surface area contributed by atoms with Crippen molar-refractivity contribution in [2.45, 2.75) is 51.5 Å². The van der Waals surface area contributed by atoms with E-state index < -0.39 is 5.97 Å². The second kappa shape index (κ2) is 6.74. The molecular weight excluding hydrogens is 266 g/mol. The van der Waals surface area contributed by atoms with Crippen LogP contribution in [-0.4, -0.2) is 23.0 Å². The van der Waals surface area contributed by atoms with Crippen LogP contribution in [0.25, 0.3) is 0 Å². The van der Waals surface area contributed by atoms with Gasteiger partial charge in [0.1, 0.15) is 0 Å². The Hall–Kier alpha value is -1.84. The normalized spacial score (nSPS) is 19.0. The van der Waals surface area contributed by atoms with Crippen LogP contribution in [0.15, 0.2) is 24.3 Å². The Morgan fingerprint density at radius 3 is 2.67 bits per heavy atom. The number of fused-ring (bicyclic) bond motifs is 1. The first-order valence-electron chi connectivity index (χ1n) is 7.60. The monoisotopic (exact) mass is 289 g/mol. The van der Waals surface area contributed by atoms with E-state index in [2.05, 4.69) is 11.4 Å². The summed E-state index contributed by atoms with van der Waals surface area (Å²) >= 11 is 0. The Morgan fingerprint density at radius 2 is 2.00 bits per heavy atom. The molecule has 3 unspecified atom stereocenters. The van der Waals surface area contributed by atoms with Crippen molar-refractivity contribution in [3.05, 3.63) is 35.4 Å². The van der Waals surface area contributed by atoms with E-state index in [4.69, 9.17) is 5.11 Å². The van der Waals surface area contributed by atoms with Gasteiger partial charge in [-0.05, 0) is 37.3 Å². The van der Waals surface area contributed by atoms with E-state index in [1.807, 2.05) is 25.1 Å². The number of carboxylic acid groups (broad SMARTS) is 1. The van der Waals surface area contributed by atoms with Crippen LogP contribution in [0.2, 0.25) is 0 Å². The van der Waals surface area contributed by atoms with E-state index >= 15 is 0 Å². The van der Waals surface area contributed by atoms with Crippen molar-refractivity contribution < 1.29 is 14.7 Å². The summed E-state index contributed by atoms with van der Waals surface area (Å²) in [6, 6.07) is 8.14. The van der Waals surface area contributed by atoms with Gasteiger partial charge >= 0.3 is 5.97 Å². The minimum absolute atomic E-state index is 0.0124. The molecule has 1 amide bonds. The second-order valence-corrected chi connectivity index (χ2v) is 6.04. The highest BCUT2D eigenvalue weighted by atomic mass is 16.4. The van der Waals surface area contributed by atoms with Crippen molar-refractivity contribution in [3.8, 4) is 0 Å². The van der Waals surface area contributed by atoms with Crippen LogP contribution in [0.3, 0.4) is 0 Å². The van der Waals surface area contributed by atoms with Gasteiger partial charge in [0, 0.05) is 6.04 Å². The Morgan fingerprint density at radius 1 is 1.29 bits per heavy atom. The summed E-state index contributed by atoms with van der Waals surface area (Å²) in [5.41, 5.74) is 2.40. The molecule has 0 heterocycles. The lowest BCUT2D eigenvalue weighted by Gasteiger charge is -2.30. The molecule has 4 heteroatoms. The highest BCUT2D eigenvalue weighted by Crippen LogP contribution is 2.34. The summed E-state index contributed by atoms with van der Waals surface area (Å²) in [6.45, 7) is 3.70. The summed E-state index contributed by atoms with van der Waals surface area (Å²) in [4.78, 5) is 22.9. The number of hydrogen-bond acceptors (Lipinski definition) is 2. The molecule has 0 aromatic heterocycles. The zero-order chi connectivity index (χ0) is 15.4. The lowest BCUT2D eigenvalue weighted by molar-refractivity contribution is -0.141. The molecule has 0 saturated heterocycles. The number of hydrogen-bond donors (Lipinski definition) is 2. The molecule has 1 aliphatic carbocycles. The number of amides is 1. The van der Waals surface area contributed by atoms with Gasteiger partial charge < -0.3 is 10.4 Å². The Balaban J connectivity index is 1.73. The van der Waals surface area contributed by atoms with Crippen LogP contribution in [0.1, 0.15) is 50.2 Å². The zero-order valence-electron chi connectivity index (χ0n) is 12.6. The average molecular weight is 289 g/mol. The SMILES string of the molecule is CC(CCCC(C)C(=O)O)NC(=O)C1Cc2ccccc21. The van der Waals surface area contributed by atoms with E-state index in [9.17, 15) is 9.59 Å². The van der Waals surface area contributed by atoms with Crippen molar-refractivity contribution >= 4 is 11.9 Å². The van der Waals surface area contributed by atoms with Gasteiger partial charge in [0.2, 0.25) is 5.91 Å². The number of rotatable bonds is 7. The van der Waals surface area contributed by atoms with Crippen LogP contribution in [0, 0.1) is 5.92 Å². The molecule has 4 nitrogen and oxygen atoms in total. The quantitative estimate of drug-likeness (QED) is 0.811. The molecule has 3 atom stereocenters. The molecule has 0 bridgehead atoms. The average Bonchev–Trinajstić information content (AvgIpc) is 2.39. The molecule has 0 radical (unpaired) electrons. The van der Waals surface area contributed by atoms with E-state index in [1.165, 1.54) is 5.56 Å². The Bertz CT molecular complexity index is 527. The standard InChI is InChI=1S/C17H23NO3/c1-11(17(20)21)6-5-7-12(2)18-16(19)15-10-13-8-3-4-9-14(13)15/h3-4,8-9,11-12,15H,5-7,10H2,1-2H3,(H,18,19)(H,20,21). The maximum absolute atomic E-state index is 12.2. The molecule has 0 aliphatic heterocycles. The summed E-state index contributed by atoms with van der Waals surface area (Å²) in [5, 5.41) is 11.9. The van der Waals surface area contributed by atoms with Crippen molar-refractivity contribution in [1.82, 2.24) is 5.32 Å². The van der Waals surface area contributed by atoms with Gasteiger partial charge in [-0.15, -0.1) is 0 Å². The third-order valence-corrected chi connectivity index (χ3v) is 4.26.